The maximum absolute atomic E-state index is 9.71. The van der Waals surface area contributed by atoms with Gasteiger partial charge in [0.15, 0.2) is 0 Å². The van der Waals surface area contributed by atoms with Crippen molar-refractivity contribution in [1.29, 1.82) is 0 Å². The molecule has 0 bridgehead atoms. The van der Waals surface area contributed by atoms with E-state index in [9.17, 15) is 5.11 Å². The number of nitrogens with two attached hydrogens (primary N) is 1. The molecule has 0 aliphatic carbocycles. The van der Waals surface area contributed by atoms with Crippen molar-refractivity contribution < 1.29 is 9.63 Å². The van der Waals surface area contributed by atoms with Crippen LogP contribution in [0.5, 0.6) is 5.75 Å². The number of nitrogens with zero attached hydrogens (tertiary/aromatic N) is 1. The Morgan fingerprint density at radius 1 is 1.38 bits per heavy atom. The first-order chi connectivity index (χ1) is 7.63. The fourth-order valence-corrected chi connectivity index (χ4v) is 2.18. The quantitative estimate of drug-likeness (QED) is 0.784. The molecule has 0 atom stereocenters. The normalized spacial score (nSPS) is 10.6. The third kappa shape index (κ3) is 1.74. The molecule has 0 amide bonds. The molecule has 0 saturated carbocycles. The van der Waals surface area contributed by atoms with Crippen molar-refractivity contribution in [2.75, 3.05) is 12.0 Å². The van der Waals surface area contributed by atoms with Gasteiger partial charge in [-0.15, -0.1) is 11.8 Å². The van der Waals surface area contributed by atoms with Gasteiger partial charge in [-0.2, -0.15) is 0 Å². The number of aromatic hydroxyl groups is 1. The van der Waals surface area contributed by atoms with E-state index in [1.54, 1.807) is 24.0 Å². The minimum Gasteiger partial charge on any atom is -0.508 e. The third-order valence-electron chi connectivity index (χ3n) is 2.41. The maximum Gasteiger partial charge on any atom is 0.229 e. The van der Waals surface area contributed by atoms with Gasteiger partial charge in [0.25, 0.3) is 0 Å². The summed E-state index contributed by atoms with van der Waals surface area (Å²) in [5, 5.41) is 13.3. The molecule has 16 heavy (non-hydrogen) atoms. The lowest BCUT2D eigenvalue weighted by molar-refractivity contribution is 0.436. The summed E-state index contributed by atoms with van der Waals surface area (Å²) in [6, 6.07) is 3.60. The minimum absolute atomic E-state index is 0.244. The Morgan fingerprint density at radius 3 is 2.69 bits per heavy atom. The molecular weight excluding hydrogens is 224 g/mol. The van der Waals surface area contributed by atoms with Crippen LogP contribution in [0.3, 0.4) is 0 Å². The van der Waals surface area contributed by atoms with Crippen molar-refractivity contribution in [3.05, 3.63) is 23.9 Å². The molecular formula is C11H12N2O2S. The first-order valence-electron chi connectivity index (χ1n) is 4.71. The van der Waals surface area contributed by atoms with Crippen LogP contribution in [0.15, 0.2) is 27.7 Å². The molecule has 84 valence electrons. The summed E-state index contributed by atoms with van der Waals surface area (Å²) in [7, 11) is 0. The maximum atomic E-state index is 9.71. The summed E-state index contributed by atoms with van der Waals surface area (Å²) in [5.74, 6) is 0.506. The van der Waals surface area contributed by atoms with Crippen LogP contribution in [-0.4, -0.2) is 16.5 Å². The van der Waals surface area contributed by atoms with E-state index in [2.05, 4.69) is 5.16 Å². The van der Waals surface area contributed by atoms with Crippen LogP contribution in [0.1, 0.15) is 5.56 Å². The Balaban J connectivity index is 2.64. The second kappa shape index (κ2) is 4.09. The Morgan fingerprint density at radius 2 is 2.12 bits per heavy atom. The van der Waals surface area contributed by atoms with Crippen molar-refractivity contribution in [3.8, 4) is 16.9 Å². The minimum atomic E-state index is 0.244. The summed E-state index contributed by atoms with van der Waals surface area (Å²) in [4.78, 5) is 1.03. The molecule has 0 fully saturated rings. The van der Waals surface area contributed by atoms with E-state index in [-0.39, 0.29) is 11.6 Å². The molecule has 1 aromatic heterocycles. The molecule has 0 saturated heterocycles. The van der Waals surface area contributed by atoms with Gasteiger partial charge >= 0.3 is 0 Å². The smallest absolute Gasteiger partial charge is 0.229 e. The van der Waals surface area contributed by atoms with Crippen molar-refractivity contribution >= 4 is 17.6 Å². The van der Waals surface area contributed by atoms with Crippen molar-refractivity contribution in [1.82, 2.24) is 5.16 Å². The predicted molar refractivity (Wildman–Crippen MR) is 64.5 cm³/mol. The molecule has 4 nitrogen and oxygen atoms in total. The Hall–Kier alpha value is -1.62. The number of phenols is 1. The summed E-state index contributed by atoms with van der Waals surface area (Å²) in [6.45, 7) is 1.86. The third-order valence-corrected chi connectivity index (χ3v) is 3.18. The zero-order valence-electron chi connectivity index (χ0n) is 9.02. The molecule has 1 heterocycles. The number of nitrogen functional groups attached to an aromatic ring is 1. The highest BCUT2D eigenvalue weighted by Crippen LogP contribution is 2.37. The lowest BCUT2D eigenvalue weighted by Crippen LogP contribution is -1.88. The first-order valence-corrected chi connectivity index (χ1v) is 5.94. The molecule has 0 unspecified atom stereocenters. The van der Waals surface area contributed by atoms with Crippen LogP contribution in [0, 0.1) is 6.92 Å². The van der Waals surface area contributed by atoms with Crippen LogP contribution in [0.4, 0.5) is 5.88 Å². The van der Waals surface area contributed by atoms with Gasteiger partial charge in [0.1, 0.15) is 5.75 Å². The second-order valence-electron chi connectivity index (χ2n) is 3.44. The highest BCUT2D eigenvalue weighted by atomic mass is 32.2. The number of aryl methyl sites for hydroxylation is 1. The topological polar surface area (TPSA) is 72.3 Å². The average molecular weight is 236 g/mol. The average Bonchev–Trinajstić information content (AvgIpc) is 2.68. The zero-order valence-corrected chi connectivity index (χ0v) is 9.84. The second-order valence-corrected chi connectivity index (χ2v) is 4.29. The molecule has 2 rings (SSSR count). The lowest BCUT2D eigenvalue weighted by Gasteiger charge is -2.08. The number of thioether (sulfide) groups is 1. The summed E-state index contributed by atoms with van der Waals surface area (Å²) >= 11 is 1.59. The van der Waals surface area contributed by atoms with E-state index >= 15 is 0 Å². The van der Waals surface area contributed by atoms with Gasteiger partial charge in [-0.25, -0.2) is 0 Å². The fraction of sp³-hybridized carbons (Fsp3) is 0.182. The zero-order chi connectivity index (χ0) is 11.7. The number of aromatic nitrogens is 1. The van der Waals surface area contributed by atoms with Crippen molar-refractivity contribution in [2.45, 2.75) is 11.8 Å². The summed E-state index contributed by atoms with van der Waals surface area (Å²) in [5.41, 5.74) is 8.05. The summed E-state index contributed by atoms with van der Waals surface area (Å²) in [6.07, 6.45) is 3.53. The molecule has 3 N–H and O–H groups in total. The largest absolute Gasteiger partial charge is 0.508 e. The number of hydrogen-bond donors (Lipinski definition) is 2. The number of rotatable bonds is 2. The van der Waals surface area contributed by atoms with Gasteiger partial charge in [-0.05, 0) is 30.9 Å². The molecule has 2 aromatic rings. The number of hydrogen-bond acceptors (Lipinski definition) is 5. The van der Waals surface area contributed by atoms with E-state index in [1.165, 1.54) is 0 Å². The van der Waals surface area contributed by atoms with Crippen LogP contribution >= 0.6 is 11.8 Å². The molecule has 0 aliphatic rings. The fourth-order valence-electron chi connectivity index (χ4n) is 1.50. The van der Waals surface area contributed by atoms with Gasteiger partial charge < -0.3 is 15.4 Å². The van der Waals surface area contributed by atoms with Crippen molar-refractivity contribution in [2.24, 2.45) is 0 Å². The molecule has 5 heteroatoms. The van der Waals surface area contributed by atoms with Gasteiger partial charge in [0.2, 0.25) is 5.88 Å². The van der Waals surface area contributed by atoms with Crippen LogP contribution < -0.4 is 5.73 Å². The van der Waals surface area contributed by atoms with Crippen molar-refractivity contribution in [3.63, 3.8) is 0 Å². The Kier molecular flexibility index (Phi) is 2.78. The van der Waals surface area contributed by atoms with Crippen LogP contribution in [-0.2, 0) is 0 Å². The van der Waals surface area contributed by atoms with Crippen LogP contribution in [0.25, 0.3) is 11.1 Å². The number of phenolic OH excluding ortho intramolecular Hbond substituents is 1. The van der Waals surface area contributed by atoms with Gasteiger partial charge in [-0.3, -0.25) is 0 Å². The number of benzene rings is 1. The van der Waals surface area contributed by atoms with E-state index in [4.69, 9.17) is 10.3 Å². The van der Waals surface area contributed by atoms with E-state index in [0.29, 0.717) is 5.56 Å². The number of anilines is 1. The molecule has 0 aliphatic heterocycles. The highest BCUT2D eigenvalue weighted by molar-refractivity contribution is 7.98. The van der Waals surface area contributed by atoms with Gasteiger partial charge in [0.05, 0.1) is 11.8 Å². The van der Waals surface area contributed by atoms with E-state index in [0.717, 1.165) is 16.0 Å². The van der Waals surface area contributed by atoms with E-state index in [1.807, 2.05) is 19.2 Å². The first kappa shape index (κ1) is 10.9. The molecule has 0 spiro atoms. The van der Waals surface area contributed by atoms with Crippen LogP contribution in [0.2, 0.25) is 0 Å². The standard InChI is InChI=1S/C11H12N2O2S/c1-6-3-10(16-2)7(4-9(6)14)8-5-13-15-11(8)12/h3-5,14H,12H2,1-2H3. The molecule has 0 radical (unpaired) electrons. The Labute approximate surface area is 97.4 Å². The lowest BCUT2D eigenvalue weighted by atomic mass is 10.1. The monoisotopic (exact) mass is 236 g/mol. The highest BCUT2D eigenvalue weighted by Gasteiger charge is 2.13. The SMILES string of the molecule is CSc1cc(C)c(O)cc1-c1cnoc1N. The Bertz CT molecular complexity index is 523. The van der Waals surface area contributed by atoms with Gasteiger partial charge in [0, 0.05) is 10.5 Å². The predicted octanol–water partition coefficient (Wildman–Crippen LogP) is 2.66. The molecule has 1 aromatic carbocycles. The van der Waals surface area contributed by atoms with E-state index < -0.39 is 0 Å². The summed E-state index contributed by atoms with van der Waals surface area (Å²) < 4.78 is 4.83. The van der Waals surface area contributed by atoms with Gasteiger partial charge in [-0.1, -0.05) is 5.16 Å².